The number of amides is 2. The predicted molar refractivity (Wildman–Crippen MR) is 128 cm³/mol. The molecule has 3 aromatic rings. The second-order valence-electron chi connectivity index (χ2n) is 8.31. The van der Waals surface area contributed by atoms with Crippen molar-refractivity contribution in [3.8, 4) is 17.1 Å². The summed E-state index contributed by atoms with van der Waals surface area (Å²) in [4.78, 5) is 27.4. The number of piperidine rings is 1. The molecule has 0 aliphatic carbocycles. The van der Waals surface area contributed by atoms with Crippen molar-refractivity contribution in [2.24, 2.45) is 0 Å². The van der Waals surface area contributed by atoms with Gasteiger partial charge in [-0.15, -0.1) is 0 Å². The largest absolute Gasteiger partial charge is 0.497 e. The van der Waals surface area contributed by atoms with E-state index in [-0.39, 0.29) is 24.2 Å². The van der Waals surface area contributed by atoms with Crippen LogP contribution in [0.2, 0.25) is 0 Å². The van der Waals surface area contributed by atoms with E-state index in [1.165, 1.54) is 6.42 Å². The van der Waals surface area contributed by atoms with Crippen LogP contribution in [0.1, 0.15) is 41.4 Å². The Labute approximate surface area is 199 Å². The van der Waals surface area contributed by atoms with Crippen LogP contribution in [0.25, 0.3) is 11.3 Å². The Morgan fingerprint density at radius 1 is 1.03 bits per heavy atom. The summed E-state index contributed by atoms with van der Waals surface area (Å²) in [5.74, 6) is 0.592. The lowest BCUT2D eigenvalue weighted by Crippen LogP contribution is -2.43. The first kappa shape index (κ1) is 23.5. The van der Waals surface area contributed by atoms with Gasteiger partial charge in [0.2, 0.25) is 5.91 Å². The first-order valence-electron chi connectivity index (χ1n) is 11.6. The summed E-state index contributed by atoms with van der Waals surface area (Å²) in [5, 5.41) is 9.42. The van der Waals surface area contributed by atoms with Gasteiger partial charge in [0.1, 0.15) is 5.75 Å². The van der Waals surface area contributed by atoms with E-state index in [2.05, 4.69) is 20.7 Å². The smallest absolute Gasteiger partial charge is 0.273 e. The number of hydrogen-bond donors (Lipinski definition) is 2. The van der Waals surface area contributed by atoms with Crippen molar-refractivity contribution >= 4 is 11.8 Å². The van der Waals surface area contributed by atoms with Gasteiger partial charge in [0, 0.05) is 18.2 Å². The van der Waals surface area contributed by atoms with Crippen LogP contribution in [0.4, 0.5) is 0 Å². The third kappa shape index (κ3) is 6.02. The number of aromatic nitrogens is 1. The van der Waals surface area contributed by atoms with Crippen molar-refractivity contribution in [1.82, 2.24) is 20.7 Å². The van der Waals surface area contributed by atoms with E-state index < -0.39 is 5.91 Å². The van der Waals surface area contributed by atoms with Crippen molar-refractivity contribution in [2.75, 3.05) is 33.3 Å². The second-order valence-corrected chi connectivity index (χ2v) is 8.31. The molecule has 8 heteroatoms. The van der Waals surface area contributed by atoms with Crippen LogP contribution in [0.15, 0.2) is 65.2 Å². The van der Waals surface area contributed by atoms with Crippen LogP contribution in [-0.4, -0.2) is 55.2 Å². The topological polar surface area (TPSA) is 96.7 Å². The Balaban J connectivity index is 1.32. The lowest BCUT2D eigenvalue weighted by Gasteiger charge is -2.35. The molecule has 0 spiro atoms. The normalized spacial score (nSPS) is 14.9. The van der Waals surface area contributed by atoms with E-state index in [1.807, 2.05) is 54.6 Å². The highest BCUT2D eigenvalue weighted by molar-refractivity contribution is 5.95. The molecule has 2 aromatic carbocycles. The number of methoxy groups -OCH3 is 1. The quantitative estimate of drug-likeness (QED) is 0.506. The molecule has 34 heavy (non-hydrogen) atoms. The molecule has 0 saturated carbocycles. The fraction of sp³-hybridized carbons (Fsp3) is 0.346. The lowest BCUT2D eigenvalue weighted by molar-refractivity contribution is -0.120. The first-order chi connectivity index (χ1) is 16.6. The van der Waals surface area contributed by atoms with E-state index in [1.54, 1.807) is 13.2 Å². The Kier molecular flexibility index (Phi) is 7.93. The molecule has 1 saturated heterocycles. The van der Waals surface area contributed by atoms with Gasteiger partial charge in [-0.25, -0.2) is 0 Å². The van der Waals surface area contributed by atoms with E-state index in [0.717, 1.165) is 42.8 Å². The maximum Gasteiger partial charge on any atom is 0.273 e. The zero-order valence-corrected chi connectivity index (χ0v) is 19.3. The third-order valence-corrected chi connectivity index (χ3v) is 6.04. The molecule has 0 bridgehead atoms. The Morgan fingerprint density at radius 2 is 1.76 bits per heavy atom. The van der Waals surface area contributed by atoms with Gasteiger partial charge in [-0.2, -0.15) is 0 Å². The van der Waals surface area contributed by atoms with Gasteiger partial charge in [0.05, 0.1) is 19.7 Å². The first-order valence-corrected chi connectivity index (χ1v) is 11.6. The number of nitrogens with zero attached hydrogens (tertiary/aromatic N) is 2. The molecule has 1 aliphatic heterocycles. The van der Waals surface area contributed by atoms with Gasteiger partial charge in [-0.3, -0.25) is 14.5 Å². The third-order valence-electron chi connectivity index (χ3n) is 6.04. The van der Waals surface area contributed by atoms with Crippen molar-refractivity contribution in [3.63, 3.8) is 0 Å². The molecule has 1 unspecified atom stereocenters. The molecular formula is C26H30N4O4. The minimum atomic E-state index is -0.455. The lowest BCUT2D eigenvalue weighted by atomic mass is 10.0. The summed E-state index contributed by atoms with van der Waals surface area (Å²) in [6, 6.07) is 19.0. The Bertz CT molecular complexity index is 1080. The SMILES string of the molecule is COc1ccc(C(CNC(=O)CNC(=O)c2cc(-c3ccccc3)on2)N2CCCCC2)cc1. The van der Waals surface area contributed by atoms with Gasteiger partial charge >= 0.3 is 0 Å². The van der Waals surface area contributed by atoms with Crippen LogP contribution in [0.3, 0.4) is 0 Å². The van der Waals surface area contributed by atoms with E-state index in [9.17, 15) is 9.59 Å². The number of rotatable bonds is 9. The number of ether oxygens (including phenoxy) is 1. The maximum atomic E-state index is 12.5. The van der Waals surface area contributed by atoms with Gasteiger partial charge in [0.25, 0.3) is 5.91 Å². The molecule has 1 atom stereocenters. The van der Waals surface area contributed by atoms with Gasteiger partial charge in [0.15, 0.2) is 11.5 Å². The van der Waals surface area contributed by atoms with Crippen molar-refractivity contribution in [1.29, 1.82) is 0 Å². The monoisotopic (exact) mass is 462 g/mol. The molecular weight excluding hydrogens is 432 g/mol. The minimum absolute atomic E-state index is 0.0647. The molecule has 4 rings (SSSR count). The van der Waals surface area contributed by atoms with Gasteiger partial charge < -0.3 is 19.9 Å². The van der Waals surface area contributed by atoms with E-state index >= 15 is 0 Å². The van der Waals surface area contributed by atoms with Crippen molar-refractivity contribution in [2.45, 2.75) is 25.3 Å². The molecule has 1 aliphatic rings. The molecule has 1 fully saturated rings. The summed E-state index contributed by atoms with van der Waals surface area (Å²) >= 11 is 0. The maximum absolute atomic E-state index is 12.5. The number of hydrogen-bond acceptors (Lipinski definition) is 6. The highest BCUT2D eigenvalue weighted by Crippen LogP contribution is 2.26. The number of carbonyl (C=O) groups excluding carboxylic acids is 2. The Morgan fingerprint density at radius 3 is 2.47 bits per heavy atom. The zero-order valence-electron chi connectivity index (χ0n) is 19.3. The Hall–Kier alpha value is -3.65. The molecule has 0 radical (unpaired) electrons. The summed E-state index contributed by atoms with van der Waals surface area (Å²) in [6.45, 7) is 2.32. The molecule has 2 amide bonds. The number of carbonyl (C=O) groups is 2. The van der Waals surface area contributed by atoms with E-state index in [0.29, 0.717) is 12.3 Å². The summed E-state index contributed by atoms with van der Waals surface area (Å²) in [7, 11) is 1.65. The zero-order chi connectivity index (χ0) is 23.8. The van der Waals surface area contributed by atoms with Crippen LogP contribution < -0.4 is 15.4 Å². The second kappa shape index (κ2) is 11.5. The molecule has 2 N–H and O–H groups in total. The van der Waals surface area contributed by atoms with Crippen LogP contribution in [0.5, 0.6) is 5.75 Å². The molecule has 8 nitrogen and oxygen atoms in total. The van der Waals surface area contributed by atoms with Crippen LogP contribution >= 0.6 is 0 Å². The number of benzene rings is 2. The summed E-state index contributed by atoms with van der Waals surface area (Å²) < 4.78 is 10.5. The number of likely N-dealkylation sites (tertiary alicyclic amines) is 1. The fourth-order valence-corrected chi connectivity index (χ4v) is 4.16. The van der Waals surface area contributed by atoms with Gasteiger partial charge in [-0.05, 0) is 43.6 Å². The van der Waals surface area contributed by atoms with E-state index in [4.69, 9.17) is 9.26 Å². The molecule has 2 heterocycles. The van der Waals surface area contributed by atoms with Crippen LogP contribution in [0, 0.1) is 0 Å². The highest BCUT2D eigenvalue weighted by atomic mass is 16.5. The van der Waals surface area contributed by atoms with Crippen molar-refractivity contribution < 1.29 is 18.8 Å². The number of nitrogens with one attached hydrogen (secondary N) is 2. The van der Waals surface area contributed by atoms with Gasteiger partial charge in [-0.1, -0.05) is 54.0 Å². The minimum Gasteiger partial charge on any atom is -0.497 e. The molecule has 1 aromatic heterocycles. The highest BCUT2D eigenvalue weighted by Gasteiger charge is 2.23. The van der Waals surface area contributed by atoms with Crippen molar-refractivity contribution in [3.05, 3.63) is 71.9 Å². The van der Waals surface area contributed by atoms with Crippen LogP contribution in [-0.2, 0) is 4.79 Å². The average molecular weight is 463 g/mol. The summed E-state index contributed by atoms with van der Waals surface area (Å²) in [6.07, 6.45) is 3.54. The standard InChI is InChI=1S/C26H30N4O4/c1-33-21-12-10-19(11-13-21)23(30-14-6-3-7-15-30)17-27-25(31)18-28-26(32)22-16-24(34-29-22)20-8-4-2-5-9-20/h2,4-5,8-13,16,23H,3,6-7,14-15,17-18H2,1H3,(H,27,31)(H,28,32). The fourth-order valence-electron chi connectivity index (χ4n) is 4.16. The molecule has 178 valence electrons. The summed E-state index contributed by atoms with van der Waals surface area (Å²) in [5.41, 5.74) is 2.09. The predicted octanol–water partition coefficient (Wildman–Crippen LogP) is 3.42. The average Bonchev–Trinajstić information content (AvgIpc) is 3.39.